The van der Waals surface area contributed by atoms with E-state index in [1.165, 1.54) is 95.5 Å². The molecule has 0 aliphatic carbocycles. The first-order valence-electron chi connectivity index (χ1n) is 12.0. The zero-order valence-corrected chi connectivity index (χ0v) is 19.5. The van der Waals surface area contributed by atoms with Gasteiger partial charge in [-0.3, -0.25) is 4.90 Å². The van der Waals surface area contributed by atoms with Crippen LogP contribution in [-0.4, -0.2) is 17.0 Å². The van der Waals surface area contributed by atoms with E-state index >= 15 is 0 Å². The minimum atomic E-state index is 0.490. The van der Waals surface area contributed by atoms with Gasteiger partial charge in [0.1, 0.15) is 0 Å². The van der Waals surface area contributed by atoms with Crippen molar-refractivity contribution in [2.24, 2.45) is 0 Å². The number of rotatable bonds is 17. The van der Waals surface area contributed by atoms with Gasteiger partial charge in [-0.15, -0.1) is 15.8 Å². The van der Waals surface area contributed by atoms with Crippen LogP contribution in [0.3, 0.4) is 0 Å². The summed E-state index contributed by atoms with van der Waals surface area (Å²) in [5.41, 5.74) is 1.45. The van der Waals surface area contributed by atoms with Crippen molar-refractivity contribution in [2.45, 2.75) is 115 Å². The van der Waals surface area contributed by atoms with E-state index in [2.05, 4.69) is 64.1 Å². The molecule has 0 spiro atoms. The van der Waals surface area contributed by atoms with Crippen molar-refractivity contribution < 1.29 is 0 Å². The Morgan fingerprint density at radius 3 is 1.96 bits per heavy atom. The van der Waals surface area contributed by atoms with Crippen LogP contribution in [-0.2, 0) is 0 Å². The molecule has 2 rings (SSSR count). The van der Waals surface area contributed by atoms with E-state index in [0.717, 1.165) is 12.1 Å². The number of benzene rings is 1. The predicted molar refractivity (Wildman–Crippen MR) is 129 cm³/mol. The maximum absolute atomic E-state index is 3.82. The zero-order chi connectivity index (χ0) is 20.0. The van der Waals surface area contributed by atoms with E-state index in [4.69, 9.17) is 0 Å². The summed E-state index contributed by atoms with van der Waals surface area (Å²) < 4.78 is 0. The zero-order valence-electron chi connectivity index (χ0n) is 18.3. The SMILES string of the molecule is C=CCCCCCCCC1C(CCCCCCCC)N1C(P)c1ccccc1. The van der Waals surface area contributed by atoms with Gasteiger partial charge in [-0.05, 0) is 31.2 Å². The Labute approximate surface area is 177 Å². The maximum Gasteiger partial charge on any atom is 0.0496 e. The summed E-state index contributed by atoms with van der Waals surface area (Å²) in [5, 5.41) is 0. The minimum absolute atomic E-state index is 0.490. The van der Waals surface area contributed by atoms with Gasteiger partial charge in [0.25, 0.3) is 0 Å². The van der Waals surface area contributed by atoms with E-state index in [1.807, 2.05) is 0 Å². The van der Waals surface area contributed by atoms with Crippen molar-refractivity contribution in [3.05, 3.63) is 48.6 Å². The molecular weight excluding hydrogens is 357 g/mol. The molecule has 1 saturated heterocycles. The van der Waals surface area contributed by atoms with Gasteiger partial charge >= 0.3 is 0 Å². The molecule has 0 N–H and O–H groups in total. The lowest BCUT2D eigenvalue weighted by Crippen LogP contribution is -2.07. The van der Waals surface area contributed by atoms with Crippen molar-refractivity contribution in [1.82, 2.24) is 4.90 Å². The molecule has 1 nitrogen and oxygen atoms in total. The number of hydrogen-bond donors (Lipinski definition) is 0. The summed E-state index contributed by atoms with van der Waals surface area (Å²) in [4.78, 5) is 2.78. The normalized spacial score (nSPS) is 22.1. The van der Waals surface area contributed by atoms with Crippen LogP contribution in [0.1, 0.15) is 108 Å². The molecule has 1 fully saturated rings. The quantitative estimate of drug-likeness (QED) is 0.110. The molecule has 158 valence electrons. The number of allylic oxidation sites excluding steroid dienone is 1. The fourth-order valence-corrected chi connectivity index (χ4v) is 5.24. The lowest BCUT2D eigenvalue weighted by molar-refractivity contribution is 0.431. The topological polar surface area (TPSA) is 3.01 Å². The van der Waals surface area contributed by atoms with Crippen molar-refractivity contribution in [3.63, 3.8) is 0 Å². The Balaban J connectivity index is 1.73. The van der Waals surface area contributed by atoms with E-state index in [0.29, 0.717) is 5.78 Å². The monoisotopic (exact) mass is 401 g/mol. The Hall–Kier alpha value is -0.650. The second-order valence-corrected chi connectivity index (χ2v) is 9.26. The highest BCUT2D eigenvalue weighted by Gasteiger charge is 2.48. The molecule has 1 aromatic carbocycles. The van der Waals surface area contributed by atoms with Crippen molar-refractivity contribution >= 4 is 9.24 Å². The second-order valence-electron chi connectivity index (χ2n) is 8.63. The molecule has 28 heavy (non-hydrogen) atoms. The largest absolute Gasteiger partial charge is 0.284 e. The number of hydrogen-bond acceptors (Lipinski definition) is 1. The lowest BCUT2D eigenvalue weighted by atomic mass is 10.0. The van der Waals surface area contributed by atoms with Gasteiger partial charge in [-0.25, -0.2) is 0 Å². The average molecular weight is 402 g/mol. The first-order chi connectivity index (χ1) is 13.8. The number of nitrogens with zero attached hydrogens (tertiary/aromatic N) is 1. The molecule has 1 heterocycles. The molecule has 0 amide bonds. The molecule has 1 aromatic rings. The molecule has 0 saturated carbocycles. The predicted octanol–water partition coefficient (Wildman–Crippen LogP) is 8.28. The van der Waals surface area contributed by atoms with Gasteiger partial charge in [-0.2, -0.15) is 0 Å². The Kier molecular flexibility index (Phi) is 12.1. The summed E-state index contributed by atoms with van der Waals surface area (Å²) in [6.45, 7) is 6.12. The standard InChI is InChI=1S/C26H44NP/c1-3-5-7-9-11-13-18-22-25-24(21-17-12-10-8-6-4-2)27(25)26(28)23-19-15-14-16-20-23/h3,14-16,19-20,24-26H,1,4-13,17-18,21-22,28H2,2H3. The molecule has 5 unspecified atom stereocenters. The van der Waals surface area contributed by atoms with Crippen molar-refractivity contribution in [2.75, 3.05) is 0 Å². The fourth-order valence-electron chi connectivity index (χ4n) is 4.58. The van der Waals surface area contributed by atoms with Gasteiger partial charge in [0, 0.05) is 17.9 Å². The molecule has 0 radical (unpaired) electrons. The molecule has 0 aromatic heterocycles. The van der Waals surface area contributed by atoms with Crippen LogP contribution in [0.25, 0.3) is 0 Å². The van der Waals surface area contributed by atoms with E-state index in [9.17, 15) is 0 Å². The minimum Gasteiger partial charge on any atom is -0.284 e. The smallest absolute Gasteiger partial charge is 0.0496 e. The van der Waals surface area contributed by atoms with Gasteiger partial charge in [0.15, 0.2) is 0 Å². The molecule has 1 aliphatic heterocycles. The Morgan fingerprint density at radius 2 is 1.39 bits per heavy atom. The van der Waals surface area contributed by atoms with Crippen LogP contribution in [0, 0.1) is 0 Å². The van der Waals surface area contributed by atoms with Gasteiger partial charge in [-0.1, -0.05) is 108 Å². The van der Waals surface area contributed by atoms with Crippen LogP contribution < -0.4 is 0 Å². The van der Waals surface area contributed by atoms with Crippen molar-refractivity contribution in [1.29, 1.82) is 0 Å². The summed E-state index contributed by atoms with van der Waals surface area (Å²) in [6.07, 6.45) is 21.4. The van der Waals surface area contributed by atoms with Gasteiger partial charge in [0.05, 0.1) is 0 Å². The third kappa shape index (κ3) is 8.38. The lowest BCUT2D eigenvalue weighted by Gasteiger charge is -2.15. The molecule has 1 aliphatic rings. The summed E-state index contributed by atoms with van der Waals surface area (Å²) >= 11 is 0. The molecule has 2 heteroatoms. The highest BCUT2D eigenvalue weighted by atomic mass is 31.0. The third-order valence-electron chi connectivity index (χ3n) is 6.34. The Bertz CT molecular complexity index is 514. The number of unbranched alkanes of at least 4 members (excludes halogenated alkanes) is 10. The first kappa shape index (κ1) is 23.6. The third-order valence-corrected chi connectivity index (χ3v) is 7.07. The van der Waals surface area contributed by atoms with Crippen LogP contribution in [0.2, 0.25) is 0 Å². The summed E-state index contributed by atoms with van der Waals surface area (Å²) in [7, 11) is 3.12. The van der Waals surface area contributed by atoms with Crippen LogP contribution >= 0.6 is 9.24 Å². The average Bonchev–Trinajstić information content (AvgIpc) is 3.42. The second kappa shape index (κ2) is 14.4. The van der Waals surface area contributed by atoms with Gasteiger partial charge < -0.3 is 0 Å². The molecular formula is C26H44NP. The molecule has 5 atom stereocenters. The first-order valence-corrected chi connectivity index (χ1v) is 12.6. The fraction of sp³-hybridized carbons (Fsp3) is 0.692. The highest BCUT2D eigenvalue weighted by Crippen LogP contribution is 2.46. The van der Waals surface area contributed by atoms with Gasteiger partial charge in [0.2, 0.25) is 0 Å². The van der Waals surface area contributed by atoms with E-state index < -0.39 is 0 Å². The van der Waals surface area contributed by atoms with Crippen LogP contribution in [0.15, 0.2) is 43.0 Å². The van der Waals surface area contributed by atoms with Crippen molar-refractivity contribution in [3.8, 4) is 0 Å². The van der Waals surface area contributed by atoms with E-state index in [1.54, 1.807) is 0 Å². The van der Waals surface area contributed by atoms with E-state index in [-0.39, 0.29) is 0 Å². The highest BCUT2D eigenvalue weighted by molar-refractivity contribution is 7.17. The molecule has 0 bridgehead atoms. The summed E-state index contributed by atoms with van der Waals surface area (Å²) in [5.74, 6) is 0.490. The maximum atomic E-state index is 3.82. The van der Waals surface area contributed by atoms with Crippen LogP contribution in [0.5, 0.6) is 0 Å². The van der Waals surface area contributed by atoms with Crippen LogP contribution in [0.4, 0.5) is 0 Å². The Morgan fingerprint density at radius 1 is 0.857 bits per heavy atom. The summed E-state index contributed by atoms with van der Waals surface area (Å²) in [6, 6.07) is 12.7.